The highest BCUT2D eigenvalue weighted by Crippen LogP contribution is 2.35. The Morgan fingerprint density at radius 3 is 2.65 bits per heavy atom. The first kappa shape index (κ1) is 13.3. The van der Waals surface area contributed by atoms with Gasteiger partial charge in [0.15, 0.2) is 0 Å². The Hall–Kier alpha value is -1.69. The molecule has 0 bridgehead atoms. The van der Waals surface area contributed by atoms with Crippen LogP contribution in [-0.4, -0.2) is 8.76 Å². The number of fused-ring (bicyclic) bond motifs is 1. The van der Waals surface area contributed by atoms with Crippen LogP contribution in [0.5, 0.6) is 5.75 Å². The Bertz CT molecular complexity index is 750. The average Bonchev–Trinajstić information content (AvgIpc) is 2.91. The fourth-order valence-electron chi connectivity index (χ4n) is 1.94. The molecule has 0 radical (unpaired) electrons. The minimum absolute atomic E-state index is 0.329. The van der Waals surface area contributed by atoms with Crippen LogP contribution in [0.15, 0.2) is 58.8 Å². The van der Waals surface area contributed by atoms with Crippen molar-refractivity contribution >= 4 is 32.5 Å². The highest BCUT2D eigenvalue weighted by Gasteiger charge is 2.08. The van der Waals surface area contributed by atoms with Crippen LogP contribution in [-0.2, 0) is 17.7 Å². The summed E-state index contributed by atoms with van der Waals surface area (Å²) in [6.07, 6.45) is 0. The van der Waals surface area contributed by atoms with Crippen molar-refractivity contribution in [1.82, 2.24) is 0 Å². The summed E-state index contributed by atoms with van der Waals surface area (Å²) < 4.78 is 29.1. The number of hydrogen-bond acceptors (Lipinski definition) is 4. The molecule has 0 saturated heterocycles. The van der Waals surface area contributed by atoms with Gasteiger partial charge in [0.2, 0.25) is 0 Å². The first-order chi connectivity index (χ1) is 9.74. The molecule has 1 unspecified atom stereocenters. The average molecular weight is 303 g/mol. The van der Waals surface area contributed by atoms with Gasteiger partial charge in [0.05, 0.1) is 8.91 Å². The number of thiophene rings is 1. The van der Waals surface area contributed by atoms with Gasteiger partial charge < -0.3 is 9.29 Å². The van der Waals surface area contributed by atoms with Gasteiger partial charge in [0.25, 0.3) is 0 Å². The zero-order chi connectivity index (χ0) is 13.9. The van der Waals surface area contributed by atoms with E-state index in [-0.39, 0.29) is 0 Å². The van der Waals surface area contributed by atoms with Crippen molar-refractivity contribution < 1.29 is 13.5 Å². The molecule has 5 heteroatoms. The van der Waals surface area contributed by atoms with E-state index < -0.39 is 11.1 Å². The molecular weight excluding hydrogens is 292 g/mol. The first-order valence-electron chi connectivity index (χ1n) is 6.02. The van der Waals surface area contributed by atoms with Crippen LogP contribution >= 0.6 is 11.3 Å². The van der Waals surface area contributed by atoms with Crippen molar-refractivity contribution in [1.29, 1.82) is 0 Å². The molecule has 20 heavy (non-hydrogen) atoms. The topological polar surface area (TPSA) is 49.4 Å². The minimum Gasteiger partial charge on any atom is -0.768 e. The first-order valence-corrected chi connectivity index (χ1v) is 7.92. The maximum Gasteiger partial charge on any atom is 0.137 e. The summed E-state index contributed by atoms with van der Waals surface area (Å²) in [4.78, 5) is 0. The van der Waals surface area contributed by atoms with Gasteiger partial charge in [0.1, 0.15) is 12.4 Å². The smallest absolute Gasteiger partial charge is 0.137 e. The molecule has 0 aliphatic heterocycles. The second-order valence-electron chi connectivity index (χ2n) is 4.25. The van der Waals surface area contributed by atoms with Crippen LogP contribution in [0.4, 0.5) is 0 Å². The Labute approximate surface area is 123 Å². The van der Waals surface area contributed by atoms with Crippen LogP contribution in [0.3, 0.4) is 0 Å². The lowest BCUT2D eigenvalue weighted by atomic mass is 10.2. The zero-order valence-electron chi connectivity index (χ0n) is 10.4. The van der Waals surface area contributed by atoms with Gasteiger partial charge >= 0.3 is 0 Å². The van der Waals surface area contributed by atoms with Gasteiger partial charge in [-0.25, -0.2) is 0 Å². The normalized spacial score (nSPS) is 12.4. The van der Waals surface area contributed by atoms with Gasteiger partial charge in [-0.3, -0.25) is 4.21 Å². The third-order valence-electron chi connectivity index (χ3n) is 2.89. The van der Waals surface area contributed by atoms with E-state index in [2.05, 4.69) is 0 Å². The van der Waals surface area contributed by atoms with Crippen LogP contribution in [0.1, 0.15) is 5.56 Å². The predicted molar refractivity (Wildman–Crippen MR) is 79.8 cm³/mol. The highest BCUT2D eigenvalue weighted by molar-refractivity contribution is 7.82. The molecule has 0 N–H and O–H groups in total. The van der Waals surface area contributed by atoms with E-state index in [0.717, 1.165) is 15.6 Å². The summed E-state index contributed by atoms with van der Waals surface area (Å²) in [5.41, 5.74) is 1.08. The van der Waals surface area contributed by atoms with E-state index in [1.54, 1.807) is 6.07 Å². The summed E-state index contributed by atoms with van der Waals surface area (Å²) in [6.45, 7) is 0.466. The summed E-state index contributed by atoms with van der Waals surface area (Å²) in [5.74, 6) is 0.716. The van der Waals surface area contributed by atoms with E-state index in [1.807, 2.05) is 48.5 Å². The SMILES string of the molecule is O=S([O-])c1cc2cccc(OCc3ccccc3)c2s1. The molecule has 3 aromatic rings. The molecule has 0 aliphatic carbocycles. The third-order valence-corrected chi connectivity index (χ3v) is 4.95. The molecule has 0 amide bonds. The Balaban J connectivity index is 1.89. The molecule has 0 saturated carbocycles. The van der Waals surface area contributed by atoms with Gasteiger partial charge in [-0.1, -0.05) is 42.5 Å². The standard InChI is InChI=1S/C15H12O3S2/c16-20(17)14-9-12-7-4-8-13(15(12)19-14)18-10-11-5-2-1-3-6-11/h1-9H,10H2,(H,16,17)/p-1. The summed E-state index contributed by atoms with van der Waals surface area (Å²) in [5, 5.41) is 0.889. The lowest BCUT2D eigenvalue weighted by Crippen LogP contribution is -1.94. The molecule has 0 spiro atoms. The molecule has 1 atom stereocenters. The van der Waals surface area contributed by atoms with E-state index in [9.17, 15) is 8.76 Å². The van der Waals surface area contributed by atoms with Crippen LogP contribution in [0.2, 0.25) is 0 Å². The number of ether oxygens (including phenoxy) is 1. The molecule has 3 nitrogen and oxygen atoms in total. The molecule has 1 aromatic heterocycles. The Morgan fingerprint density at radius 1 is 1.10 bits per heavy atom. The fraction of sp³-hybridized carbons (Fsp3) is 0.0667. The molecule has 102 valence electrons. The van der Waals surface area contributed by atoms with E-state index in [1.165, 1.54) is 11.3 Å². The molecule has 3 rings (SSSR count). The van der Waals surface area contributed by atoms with Gasteiger partial charge in [-0.2, -0.15) is 0 Å². The van der Waals surface area contributed by atoms with Crippen molar-refractivity contribution in [3.05, 3.63) is 60.2 Å². The fourth-order valence-corrected chi connectivity index (χ4v) is 3.55. The minimum atomic E-state index is -2.20. The zero-order valence-corrected chi connectivity index (χ0v) is 12.1. The van der Waals surface area contributed by atoms with Gasteiger partial charge in [0, 0.05) is 0 Å². The summed E-state index contributed by atoms with van der Waals surface area (Å²) in [7, 11) is 0. The highest BCUT2D eigenvalue weighted by atomic mass is 32.2. The maximum atomic E-state index is 11.0. The van der Waals surface area contributed by atoms with E-state index in [4.69, 9.17) is 4.74 Å². The number of rotatable bonds is 4. The summed E-state index contributed by atoms with van der Waals surface area (Å²) in [6, 6.07) is 17.1. The second-order valence-corrected chi connectivity index (χ2v) is 6.47. The number of benzene rings is 2. The lowest BCUT2D eigenvalue weighted by molar-refractivity contribution is 0.310. The number of hydrogen-bond donors (Lipinski definition) is 0. The third kappa shape index (κ3) is 2.75. The molecular formula is C15H11O3S2-. The maximum absolute atomic E-state index is 11.0. The predicted octanol–water partition coefficient (Wildman–Crippen LogP) is 3.72. The van der Waals surface area contributed by atoms with Crippen molar-refractivity contribution in [2.24, 2.45) is 0 Å². The molecule has 2 aromatic carbocycles. The van der Waals surface area contributed by atoms with E-state index in [0.29, 0.717) is 16.6 Å². The van der Waals surface area contributed by atoms with E-state index >= 15 is 0 Å². The van der Waals surface area contributed by atoms with Crippen molar-refractivity contribution in [2.75, 3.05) is 0 Å². The Morgan fingerprint density at radius 2 is 1.90 bits per heavy atom. The Kier molecular flexibility index (Phi) is 3.82. The van der Waals surface area contributed by atoms with Crippen molar-refractivity contribution in [2.45, 2.75) is 10.8 Å². The monoisotopic (exact) mass is 303 g/mol. The largest absolute Gasteiger partial charge is 0.768 e. The van der Waals surface area contributed by atoms with Crippen LogP contribution in [0.25, 0.3) is 10.1 Å². The van der Waals surface area contributed by atoms with Crippen molar-refractivity contribution in [3.8, 4) is 5.75 Å². The van der Waals surface area contributed by atoms with Crippen LogP contribution < -0.4 is 4.74 Å². The quantitative estimate of drug-likeness (QED) is 0.690. The van der Waals surface area contributed by atoms with Crippen LogP contribution in [0, 0.1) is 0 Å². The molecule has 0 aliphatic rings. The van der Waals surface area contributed by atoms with Gasteiger partial charge in [-0.15, -0.1) is 11.3 Å². The molecule has 1 heterocycles. The van der Waals surface area contributed by atoms with Crippen molar-refractivity contribution in [3.63, 3.8) is 0 Å². The van der Waals surface area contributed by atoms with Gasteiger partial charge in [-0.05, 0) is 34.2 Å². The lowest BCUT2D eigenvalue weighted by Gasteiger charge is -2.07. The summed E-state index contributed by atoms with van der Waals surface area (Å²) >= 11 is -0.967. The second kappa shape index (κ2) is 5.75. The molecule has 0 fully saturated rings.